The maximum absolute atomic E-state index is 11.7. The van der Waals surface area contributed by atoms with Gasteiger partial charge in [0.15, 0.2) is 5.78 Å². The number of esters is 1. The molecule has 5 nitrogen and oxygen atoms in total. The summed E-state index contributed by atoms with van der Waals surface area (Å²) < 4.78 is 5.05. The van der Waals surface area contributed by atoms with Crippen molar-refractivity contribution in [3.05, 3.63) is 23.8 Å². The molecule has 0 radical (unpaired) electrons. The predicted molar refractivity (Wildman–Crippen MR) is 79.7 cm³/mol. The fourth-order valence-electron chi connectivity index (χ4n) is 2.65. The molecule has 0 amide bonds. The molecule has 0 aromatic heterocycles. The van der Waals surface area contributed by atoms with Crippen LogP contribution >= 0.6 is 0 Å². The number of ketones is 1. The van der Waals surface area contributed by atoms with Gasteiger partial charge in [0, 0.05) is 24.8 Å². The average Bonchev–Trinajstić information content (AvgIpc) is 2.47. The molecule has 0 bridgehead atoms. The summed E-state index contributed by atoms with van der Waals surface area (Å²) in [5.41, 5.74) is 1.21. The van der Waals surface area contributed by atoms with Crippen LogP contribution < -0.4 is 4.90 Å². The van der Waals surface area contributed by atoms with Gasteiger partial charge >= 0.3 is 5.97 Å². The summed E-state index contributed by atoms with van der Waals surface area (Å²) in [6.07, 6.45) is 1.49. The van der Waals surface area contributed by atoms with Crippen LogP contribution in [0.1, 0.15) is 37.0 Å². The molecule has 2 rings (SSSR count). The van der Waals surface area contributed by atoms with Crippen LogP contribution in [0.5, 0.6) is 5.75 Å². The average molecular weight is 291 g/mol. The van der Waals surface area contributed by atoms with Crippen LogP contribution in [-0.4, -0.2) is 36.6 Å². The lowest BCUT2D eigenvalue weighted by molar-refractivity contribution is -0.148. The lowest BCUT2D eigenvalue weighted by atomic mass is 9.96. The van der Waals surface area contributed by atoms with Gasteiger partial charge in [0.1, 0.15) is 5.75 Å². The SMILES string of the molecule is CCOC(=O)C1CCN(c2ccc(C(C)=O)c(O)c2)CC1. The van der Waals surface area contributed by atoms with Gasteiger partial charge in [-0.25, -0.2) is 0 Å². The Bertz CT molecular complexity index is 533. The third kappa shape index (κ3) is 3.54. The summed E-state index contributed by atoms with van der Waals surface area (Å²) in [5, 5.41) is 9.88. The molecule has 1 fully saturated rings. The number of rotatable bonds is 4. The summed E-state index contributed by atoms with van der Waals surface area (Å²) in [6.45, 7) is 5.13. The molecule has 0 saturated carbocycles. The topological polar surface area (TPSA) is 66.8 Å². The molecule has 1 aromatic carbocycles. The molecule has 1 saturated heterocycles. The van der Waals surface area contributed by atoms with Crippen LogP contribution in [-0.2, 0) is 9.53 Å². The Balaban J connectivity index is 2.01. The van der Waals surface area contributed by atoms with E-state index in [-0.39, 0.29) is 23.4 Å². The first-order valence-corrected chi connectivity index (χ1v) is 7.28. The first kappa shape index (κ1) is 15.4. The van der Waals surface area contributed by atoms with Crippen molar-refractivity contribution >= 4 is 17.4 Å². The zero-order chi connectivity index (χ0) is 15.4. The van der Waals surface area contributed by atoms with Crippen LogP contribution in [0, 0.1) is 5.92 Å². The van der Waals surface area contributed by atoms with Crippen molar-refractivity contribution in [1.82, 2.24) is 0 Å². The number of benzene rings is 1. The second-order valence-electron chi connectivity index (χ2n) is 5.27. The molecular formula is C16H21NO4. The Morgan fingerprint density at radius 1 is 1.33 bits per heavy atom. The van der Waals surface area contributed by atoms with E-state index in [0.29, 0.717) is 12.2 Å². The van der Waals surface area contributed by atoms with Crippen LogP contribution in [0.25, 0.3) is 0 Å². The van der Waals surface area contributed by atoms with E-state index in [4.69, 9.17) is 4.74 Å². The zero-order valence-electron chi connectivity index (χ0n) is 12.5. The molecule has 5 heteroatoms. The van der Waals surface area contributed by atoms with Gasteiger partial charge < -0.3 is 14.7 Å². The van der Waals surface area contributed by atoms with E-state index >= 15 is 0 Å². The van der Waals surface area contributed by atoms with Crippen molar-refractivity contribution in [2.75, 3.05) is 24.6 Å². The lowest BCUT2D eigenvalue weighted by Crippen LogP contribution is -2.37. The number of carbonyl (C=O) groups excluding carboxylic acids is 2. The normalized spacial score (nSPS) is 15.8. The van der Waals surface area contributed by atoms with Gasteiger partial charge in [-0.15, -0.1) is 0 Å². The number of phenolic OH excluding ortho intramolecular Hbond substituents is 1. The molecule has 21 heavy (non-hydrogen) atoms. The molecule has 1 aromatic rings. The van der Waals surface area contributed by atoms with E-state index in [9.17, 15) is 14.7 Å². The molecule has 0 unspecified atom stereocenters. The van der Waals surface area contributed by atoms with Gasteiger partial charge in [0.25, 0.3) is 0 Å². The van der Waals surface area contributed by atoms with E-state index in [0.717, 1.165) is 31.6 Å². The number of hydrogen-bond donors (Lipinski definition) is 1. The number of anilines is 1. The lowest BCUT2D eigenvalue weighted by Gasteiger charge is -2.32. The number of aromatic hydroxyl groups is 1. The van der Waals surface area contributed by atoms with Crippen molar-refractivity contribution < 1.29 is 19.4 Å². The monoisotopic (exact) mass is 291 g/mol. The molecule has 0 atom stereocenters. The number of piperidine rings is 1. The molecule has 1 N–H and O–H groups in total. The fraction of sp³-hybridized carbons (Fsp3) is 0.500. The van der Waals surface area contributed by atoms with Crippen molar-refractivity contribution in [2.24, 2.45) is 5.92 Å². The first-order valence-electron chi connectivity index (χ1n) is 7.28. The Morgan fingerprint density at radius 3 is 2.52 bits per heavy atom. The predicted octanol–water partition coefficient (Wildman–Crippen LogP) is 2.37. The summed E-state index contributed by atoms with van der Waals surface area (Å²) in [7, 11) is 0. The summed E-state index contributed by atoms with van der Waals surface area (Å²) in [4.78, 5) is 25.1. The van der Waals surface area contributed by atoms with Crippen molar-refractivity contribution in [2.45, 2.75) is 26.7 Å². The third-order valence-electron chi connectivity index (χ3n) is 3.84. The largest absolute Gasteiger partial charge is 0.507 e. The Hall–Kier alpha value is -2.04. The van der Waals surface area contributed by atoms with Crippen molar-refractivity contribution in [3.8, 4) is 5.75 Å². The van der Waals surface area contributed by atoms with E-state index in [1.54, 1.807) is 12.1 Å². The highest BCUT2D eigenvalue weighted by molar-refractivity contribution is 5.97. The minimum Gasteiger partial charge on any atom is -0.507 e. The molecular weight excluding hydrogens is 270 g/mol. The second-order valence-corrected chi connectivity index (χ2v) is 5.27. The molecule has 114 valence electrons. The number of Topliss-reactive ketones (excluding diaryl/α,β-unsaturated/α-hetero) is 1. The summed E-state index contributed by atoms with van der Waals surface area (Å²) in [5.74, 6) is -0.300. The van der Waals surface area contributed by atoms with Gasteiger partial charge in [-0.2, -0.15) is 0 Å². The number of hydrogen-bond acceptors (Lipinski definition) is 5. The van der Waals surface area contributed by atoms with E-state index < -0.39 is 0 Å². The van der Waals surface area contributed by atoms with Crippen LogP contribution in [0.4, 0.5) is 5.69 Å². The molecule has 0 aliphatic carbocycles. The van der Waals surface area contributed by atoms with Crippen LogP contribution in [0.3, 0.4) is 0 Å². The van der Waals surface area contributed by atoms with Gasteiger partial charge in [-0.05, 0) is 38.8 Å². The van der Waals surface area contributed by atoms with Crippen molar-refractivity contribution in [1.29, 1.82) is 0 Å². The molecule has 0 spiro atoms. The van der Waals surface area contributed by atoms with Crippen LogP contribution in [0.2, 0.25) is 0 Å². The highest BCUT2D eigenvalue weighted by Crippen LogP contribution is 2.28. The Labute approximate surface area is 124 Å². The zero-order valence-corrected chi connectivity index (χ0v) is 12.5. The maximum atomic E-state index is 11.7. The standard InChI is InChI=1S/C16H21NO4/c1-3-21-16(20)12-6-8-17(9-7-12)13-4-5-14(11(2)18)15(19)10-13/h4-5,10,12,19H,3,6-9H2,1-2H3. The Morgan fingerprint density at radius 2 is 2.00 bits per heavy atom. The summed E-state index contributed by atoms with van der Waals surface area (Å²) >= 11 is 0. The minimum atomic E-state index is -0.153. The van der Waals surface area contributed by atoms with E-state index in [1.807, 2.05) is 13.0 Å². The number of carbonyl (C=O) groups is 2. The third-order valence-corrected chi connectivity index (χ3v) is 3.84. The van der Waals surface area contributed by atoms with Crippen molar-refractivity contribution in [3.63, 3.8) is 0 Å². The van der Waals surface area contributed by atoms with E-state index in [1.165, 1.54) is 6.92 Å². The van der Waals surface area contributed by atoms with Gasteiger partial charge in [0.05, 0.1) is 18.1 Å². The number of phenols is 1. The van der Waals surface area contributed by atoms with E-state index in [2.05, 4.69) is 4.90 Å². The van der Waals surface area contributed by atoms with Gasteiger partial charge in [-0.1, -0.05) is 0 Å². The second kappa shape index (κ2) is 6.61. The minimum absolute atomic E-state index is 0.00696. The highest BCUT2D eigenvalue weighted by atomic mass is 16.5. The highest BCUT2D eigenvalue weighted by Gasteiger charge is 2.26. The number of nitrogens with zero attached hydrogens (tertiary/aromatic N) is 1. The maximum Gasteiger partial charge on any atom is 0.309 e. The first-order chi connectivity index (χ1) is 10.0. The van der Waals surface area contributed by atoms with Gasteiger partial charge in [-0.3, -0.25) is 9.59 Å². The fourth-order valence-corrected chi connectivity index (χ4v) is 2.65. The number of ether oxygens (including phenoxy) is 1. The smallest absolute Gasteiger partial charge is 0.309 e. The molecule has 1 aliphatic heterocycles. The Kier molecular flexibility index (Phi) is 4.83. The van der Waals surface area contributed by atoms with Gasteiger partial charge in [0.2, 0.25) is 0 Å². The van der Waals surface area contributed by atoms with Crippen LogP contribution in [0.15, 0.2) is 18.2 Å². The molecule has 1 aliphatic rings. The summed E-state index contributed by atoms with van der Waals surface area (Å²) in [6, 6.07) is 5.09. The molecule has 1 heterocycles. The quantitative estimate of drug-likeness (QED) is 0.681.